The fourth-order valence-corrected chi connectivity index (χ4v) is 4.35. The lowest BCUT2D eigenvalue weighted by atomic mass is 10.0. The van der Waals surface area contributed by atoms with Crippen LogP contribution >= 0.6 is 0 Å². The van der Waals surface area contributed by atoms with Gasteiger partial charge in [-0.25, -0.2) is 8.42 Å². The third-order valence-electron chi connectivity index (χ3n) is 4.49. The summed E-state index contributed by atoms with van der Waals surface area (Å²) in [5.41, 5.74) is 3.73. The Morgan fingerprint density at radius 3 is 2.18 bits per heavy atom. The molecule has 0 bridgehead atoms. The minimum absolute atomic E-state index is 0.273. The molecule has 3 aromatic rings. The van der Waals surface area contributed by atoms with Crippen molar-refractivity contribution in [3.05, 3.63) is 71.8 Å². The Balaban J connectivity index is 2.00. The Morgan fingerprint density at radius 1 is 0.821 bits per heavy atom. The molecule has 3 rings (SSSR count). The van der Waals surface area contributed by atoms with E-state index in [1.54, 1.807) is 51.5 Å². The van der Waals surface area contributed by atoms with Crippen LogP contribution in [0.3, 0.4) is 0 Å². The molecular formula is C22H23NO4S. The fourth-order valence-electron chi connectivity index (χ4n) is 2.97. The molecule has 0 radical (unpaired) electrons. The lowest BCUT2D eigenvalue weighted by Crippen LogP contribution is -2.14. The molecule has 146 valence electrons. The zero-order valence-corrected chi connectivity index (χ0v) is 17.1. The number of methoxy groups -OCH3 is 2. The van der Waals surface area contributed by atoms with Crippen LogP contribution in [0.25, 0.3) is 11.1 Å². The summed E-state index contributed by atoms with van der Waals surface area (Å²) in [5, 5.41) is 0. The number of hydrogen-bond donors (Lipinski definition) is 1. The van der Waals surface area contributed by atoms with Crippen LogP contribution in [-0.2, 0) is 10.0 Å². The van der Waals surface area contributed by atoms with Gasteiger partial charge in [0.05, 0.1) is 19.1 Å². The Kier molecular flexibility index (Phi) is 5.61. The second-order valence-electron chi connectivity index (χ2n) is 6.52. The predicted octanol–water partition coefficient (Wildman–Crippen LogP) is 4.79. The van der Waals surface area contributed by atoms with E-state index >= 15 is 0 Å². The minimum Gasteiger partial charge on any atom is -0.497 e. The predicted molar refractivity (Wildman–Crippen MR) is 112 cm³/mol. The third-order valence-corrected chi connectivity index (χ3v) is 6.01. The van der Waals surface area contributed by atoms with Gasteiger partial charge < -0.3 is 9.47 Å². The first kappa shape index (κ1) is 19.8. The molecule has 0 aliphatic heterocycles. The van der Waals surface area contributed by atoms with Crippen LogP contribution in [0.5, 0.6) is 11.5 Å². The molecule has 0 aliphatic rings. The van der Waals surface area contributed by atoms with Crippen molar-refractivity contribution in [2.45, 2.75) is 18.7 Å². The molecule has 0 atom stereocenters. The van der Waals surface area contributed by atoms with E-state index in [9.17, 15) is 8.42 Å². The summed E-state index contributed by atoms with van der Waals surface area (Å²) < 4.78 is 39.1. The second-order valence-corrected chi connectivity index (χ2v) is 8.17. The highest BCUT2D eigenvalue weighted by atomic mass is 32.2. The van der Waals surface area contributed by atoms with Crippen molar-refractivity contribution < 1.29 is 17.9 Å². The van der Waals surface area contributed by atoms with Crippen molar-refractivity contribution in [2.75, 3.05) is 18.9 Å². The molecule has 0 heterocycles. The quantitative estimate of drug-likeness (QED) is 0.650. The summed E-state index contributed by atoms with van der Waals surface area (Å²) in [7, 11) is -0.511. The molecule has 0 saturated heterocycles. The standard InChI is InChI=1S/C22H23NO4S/c1-15-5-6-16(2)22(13-15)28(24,25)23-18-9-12-21(27-4)20(14-18)17-7-10-19(26-3)11-8-17/h5-14,23H,1-4H3. The molecule has 0 aliphatic carbocycles. The van der Waals surface area contributed by atoms with Crippen molar-refractivity contribution in [1.29, 1.82) is 0 Å². The van der Waals surface area contributed by atoms with Gasteiger partial charge in [-0.15, -0.1) is 0 Å². The number of rotatable bonds is 6. The molecule has 1 N–H and O–H groups in total. The summed E-state index contributed by atoms with van der Waals surface area (Å²) in [6.45, 7) is 3.65. The molecule has 0 fully saturated rings. The van der Waals surface area contributed by atoms with E-state index in [0.717, 1.165) is 22.4 Å². The van der Waals surface area contributed by atoms with Crippen LogP contribution in [0.1, 0.15) is 11.1 Å². The molecule has 28 heavy (non-hydrogen) atoms. The molecule has 5 nitrogen and oxygen atoms in total. The summed E-state index contributed by atoms with van der Waals surface area (Å²) in [5.74, 6) is 1.40. The Morgan fingerprint density at radius 2 is 1.54 bits per heavy atom. The molecule has 0 amide bonds. The molecule has 3 aromatic carbocycles. The first-order valence-electron chi connectivity index (χ1n) is 8.76. The number of aryl methyl sites for hydroxylation is 2. The smallest absolute Gasteiger partial charge is 0.262 e. The fraction of sp³-hybridized carbons (Fsp3) is 0.182. The number of benzene rings is 3. The Hall–Kier alpha value is -2.99. The van der Waals surface area contributed by atoms with Gasteiger partial charge in [0, 0.05) is 11.3 Å². The number of nitrogens with one attached hydrogen (secondary N) is 1. The van der Waals surface area contributed by atoms with E-state index in [1.165, 1.54) is 0 Å². The first-order valence-corrected chi connectivity index (χ1v) is 10.2. The van der Waals surface area contributed by atoms with Gasteiger partial charge in [0.25, 0.3) is 10.0 Å². The van der Waals surface area contributed by atoms with Gasteiger partial charge in [0.1, 0.15) is 11.5 Å². The van der Waals surface area contributed by atoms with E-state index in [1.807, 2.05) is 37.3 Å². The Bertz CT molecular complexity index is 1090. The maximum absolute atomic E-state index is 12.9. The lowest BCUT2D eigenvalue weighted by molar-refractivity contribution is 0.414. The van der Waals surface area contributed by atoms with Crippen molar-refractivity contribution in [3.63, 3.8) is 0 Å². The van der Waals surface area contributed by atoms with Gasteiger partial charge in [0.15, 0.2) is 0 Å². The third kappa shape index (κ3) is 4.12. The number of hydrogen-bond acceptors (Lipinski definition) is 4. The zero-order chi connectivity index (χ0) is 20.3. The molecule has 0 saturated carbocycles. The van der Waals surface area contributed by atoms with Crippen molar-refractivity contribution in [3.8, 4) is 22.6 Å². The molecule has 0 spiro atoms. The largest absolute Gasteiger partial charge is 0.497 e. The number of ether oxygens (including phenoxy) is 2. The van der Waals surface area contributed by atoms with Crippen LogP contribution in [0, 0.1) is 13.8 Å². The van der Waals surface area contributed by atoms with Gasteiger partial charge in [-0.2, -0.15) is 0 Å². The maximum Gasteiger partial charge on any atom is 0.262 e. The van der Waals surface area contributed by atoms with Crippen LogP contribution in [0.4, 0.5) is 5.69 Å². The second kappa shape index (κ2) is 7.94. The van der Waals surface area contributed by atoms with E-state index in [0.29, 0.717) is 17.0 Å². The summed E-state index contributed by atoms with van der Waals surface area (Å²) in [6, 6.07) is 18.1. The molecule has 6 heteroatoms. The Labute approximate surface area is 166 Å². The van der Waals surface area contributed by atoms with Gasteiger partial charge in [-0.1, -0.05) is 24.3 Å². The minimum atomic E-state index is -3.71. The van der Waals surface area contributed by atoms with E-state index < -0.39 is 10.0 Å². The van der Waals surface area contributed by atoms with Gasteiger partial charge in [0.2, 0.25) is 0 Å². The zero-order valence-electron chi connectivity index (χ0n) is 16.3. The number of sulfonamides is 1. The number of anilines is 1. The van der Waals surface area contributed by atoms with Crippen molar-refractivity contribution in [1.82, 2.24) is 0 Å². The SMILES string of the molecule is COc1ccc(-c2cc(NS(=O)(=O)c3cc(C)ccc3C)ccc2OC)cc1. The summed E-state index contributed by atoms with van der Waals surface area (Å²) in [4.78, 5) is 0.273. The van der Waals surface area contributed by atoms with E-state index in [4.69, 9.17) is 9.47 Å². The van der Waals surface area contributed by atoms with E-state index in [2.05, 4.69) is 4.72 Å². The average molecular weight is 397 g/mol. The summed E-state index contributed by atoms with van der Waals surface area (Å²) in [6.07, 6.45) is 0. The monoisotopic (exact) mass is 397 g/mol. The van der Waals surface area contributed by atoms with Crippen LogP contribution < -0.4 is 14.2 Å². The molecule has 0 aromatic heterocycles. The molecular weight excluding hydrogens is 374 g/mol. The average Bonchev–Trinajstić information content (AvgIpc) is 2.69. The van der Waals surface area contributed by atoms with Gasteiger partial charge in [-0.3, -0.25) is 4.72 Å². The lowest BCUT2D eigenvalue weighted by Gasteiger charge is -2.14. The highest BCUT2D eigenvalue weighted by molar-refractivity contribution is 7.92. The van der Waals surface area contributed by atoms with Gasteiger partial charge in [-0.05, 0) is 66.9 Å². The normalized spacial score (nSPS) is 11.1. The van der Waals surface area contributed by atoms with Crippen LogP contribution in [0.15, 0.2) is 65.6 Å². The highest BCUT2D eigenvalue weighted by Crippen LogP contribution is 2.34. The highest BCUT2D eigenvalue weighted by Gasteiger charge is 2.18. The van der Waals surface area contributed by atoms with E-state index in [-0.39, 0.29) is 4.90 Å². The topological polar surface area (TPSA) is 64.6 Å². The van der Waals surface area contributed by atoms with Crippen LogP contribution in [0.2, 0.25) is 0 Å². The maximum atomic E-state index is 12.9. The summed E-state index contributed by atoms with van der Waals surface area (Å²) >= 11 is 0. The van der Waals surface area contributed by atoms with Crippen molar-refractivity contribution >= 4 is 15.7 Å². The van der Waals surface area contributed by atoms with Gasteiger partial charge >= 0.3 is 0 Å². The molecule has 0 unspecified atom stereocenters. The first-order chi connectivity index (χ1) is 13.3. The van der Waals surface area contributed by atoms with Crippen molar-refractivity contribution in [2.24, 2.45) is 0 Å². The van der Waals surface area contributed by atoms with Crippen LogP contribution in [-0.4, -0.2) is 22.6 Å².